The summed E-state index contributed by atoms with van der Waals surface area (Å²) in [7, 11) is 0.588. The van der Waals surface area contributed by atoms with Crippen molar-refractivity contribution in [3.05, 3.63) is 24.8 Å². The van der Waals surface area contributed by atoms with Gasteiger partial charge in [-0.25, -0.2) is 0 Å². The minimum atomic E-state index is -1.33. The first-order valence-corrected chi connectivity index (χ1v) is 8.17. The first-order chi connectivity index (χ1) is 6.83. The summed E-state index contributed by atoms with van der Waals surface area (Å²) in [6.45, 7) is 3.75. The molecular formula is C12H22OSi. The van der Waals surface area contributed by atoms with E-state index in [1.54, 1.807) is 0 Å². The van der Waals surface area contributed by atoms with Crippen molar-refractivity contribution in [1.29, 1.82) is 0 Å². The van der Waals surface area contributed by atoms with Gasteiger partial charge in [0.1, 0.15) is 0 Å². The third kappa shape index (κ3) is 3.43. The van der Waals surface area contributed by atoms with Crippen LogP contribution in [0.3, 0.4) is 0 Å². The molecule has 1 atom stereocenters. The molecule has 1 nitrogen and oxygen atoms in total. The van der Waals surface area contributed by atoms with E-state index in [0.717, 1.165) is 6.42 Å². The molecule has 1 heterocycles. The Balaban J connectivity index is 2.29. The second kappa shape index (κ2) is 6.20. The van der Waals surface area contributed by atoms with E-state index in [1.807, 2.05) is 13.2 Å². The average Bonchev–Trinajstić information content (AvgIpc) is 2.26. The Morgan fingerprint density at radius 1 is 1.43 bits per heavy atom. The van der Waals surface area contributed by atoms with Crippen LogP contribution in [0.5, 0.6) is 0 Å². The number of unbranched alkanes of at least 4 members (excludes halogenated alkanes) is 2. The summed E-state index contributed by atoms with van der Waals surface area (Å²) in [4.78, 5) is 0. The van der Waals surface area contributed by atoms with E-state index < -0.39 is 8.32 Å². The van der Waals surface area contributed by atoms with E-state index in [-0.39, 0.29) is 0 Å². The zero-order chi connectivity index (χ0) is 10.3. The first-order valence-electron chi connectivity index (χ1n) is 5.64. The van der Waals surface area contributed by atoms with E-state index in [1.165, 1.54) is 37.4 Å². The highest BCUT2D eigenvalue weighted by atomic mass is 28.4. The Morgan fingerprint density at radius 3 is 2.86 bits per heavy atom. The fourth-order valence-electron chi connectivity index (χ4n) is 2.11. The number of hydrogen-bond donors (Lipinski definition) is 0. The summed E-state index contributed by atoms with van der Waals surface area (Å²) >= 11 is 0. The maximum absolute atomic E-state index is 5.82. The second-order valence-corrected chi connectivity index (χ2v) is 8.32. The van der Waals surface area contributed by atoms with E-state index in [9.17, 15) is 0 Å². The quantitative estimate of drug-likeness (QED) is 0.367. The molecule has 0 spiro atoms. The minimum Gasteiger partial charge on any atom is -0.420 e. The summed E-state index contributed by atoms with van der Waals surface area (Å²) in [5.41, 5.74) is 0. The van der Waals surface area contributed by atoms with Crippen molar-refractivity contribution in [1.82, 2.24) is 0 Å². The Morgan fingerprint density at radius 2 is 2.29 bits per heavy atom. The van der Waals surface area contributed by atoms with Gasteiger partial charge >= 0.3 is 0 Å². The molecule has 0 radical (unpaired) electrons. The third-order valence-corrected chi connectivity index (χ3v) is 7.46. The van der Waals surface area contributed by atoms with Crippen LogP contribution < -0.4 is 0 Å². The molecule has 0 N–H and O–H groups in total. The zero-order valence-electron chi connectivity index (χ0n) is 9.30. The van der Waals surface area contributed by atoms with Gasteiger partial charge in [0.15, 0.2) is 8.32 Å². The normalized spacial score (nSPS) is 26.4. The lowest BCUT2D eigenvalue weighted by molar-refractivity contribution is 0.388. The van der Waals surface area contributed by atoms with Crippen LogP contribution in [0.25, 0.3) is 0 Å². The largest absolute Gasteiger partial charge is 0.420 e. The van der Waals surface area contributed by atoms with Gasteiger partial charge in [0.25, 0.3) is 0 Å². The highest BCUT2D eigenvalue weighted by Gasteiger charge is 2.32. The Kier molecular flexibility index (Phi) is 5.19. The van der Waals surface area contributed by atoms with Crippen molar-refractivity contribution >= 4 is 8.32 Å². The maximum Gasteiger partial charge on any atom is 0.196 e. The van der Waals surface area contributed by atoms with Crippen molar-refractivity contribution < 1.29 is 4.43 Å². The van der Waals surface area contributed by atoms with Gasteiger partial charge in [-0.05, 0) is 31.0 Å². The fourth-order valence-corrected chi connectivity index (χ4v) is 5.53. The van der Waals surface area contributed by atoms with Gasteiger partial charge in [-0.1, -0.05) is 31.1 Å². The lowest BCUT2D eigenvalue weighted by Gasteiger charge is -2.30. The van der Waals surface area contributed by atoms with Gasteiger partial charge < -0.3 is 4.43 Å². The van der Waals surface area contributed by atoms with Crippen molar-refractivity contribution in [2.24, 2.45) is 0 Å². The number of allylic oxidation sites excluding steroid dienone is 3. The highest BCUT2D eigenvalue weighted by Crippen LogP contribution is 2.30. The minimum absolute atomic E-state index is 1.16. The molecule has 1 rings (SSSR count). The van der Waals surface area contributed by atoms with Gasteiger partial charge in [-0.15, -0.1) is 6.58 Å². The van der Waals surface area contributed by atoms with Gasteiger partial charge in [0.05, 0.1) is 0 Å². The Labute approximate surface area is 89.0 Å². The molecule has 0 aromatic rings. The van der Waals surface area contributed by atoms with Crippen LogP contribution in [0.2, 0.25) is 18.1 Å². The average molecular weight is 210 g/mol. The molecule has 0 fully saturated rings. The molecule has 0 bridgehead atoms. The predicted octanol–water partition coefficient (Wildman–Crippen LogP) is 3.89. The molecule has 0 saturated heterocycles. The number of hydrogen-bond acceptors (Lipinski definition) is 1. The predicted molar refractivity (Wildman–Crippen MR) is 65.0 cm³/mol. The zero-order valence-corrected chi connectivity index (χ0v) is 10.3. The highest BCUT2D eigenvalue weighted by molar-refractivity contribution is 6.74. The molecule has 1 unspecified atom stereocenters. The van der Waals surface area contributed by atoms with Crippen LogP contribution in [0.1, 0.15) is 25.7 Å². The van der Waals surface area contributed by atoms with Crippen molar-refractivity contribution in [2.75, 3.05) is 7.11 Å². The molecular weight excluding hydrogens is 188 g/mol. The Bertz CT molecular complexity index is 200. The summed E-state index contributed by atoms with van der Waals surface area (Å²) < 4.78 is 5.82. The Hall–Kier alpha value is -0.343. The second-order valence-electron chi connectivity index (χ2n) is 4.14. The summed E-state index contributed by atoms with van der Waals surface area (Å²) in [5.74, 6) is 0. The van der Waals surface area contributed by atoms with Crippen LogP contribution >= 0.6 is 0 Å². The standard InChI is InChI=1S/C12H22OSi/c1-3-4-5-7-10-14(13-2)11-8-6-9-12-14/h3,6,8H,1,4-5,7,9-12H2,2H3. The summed E-state index contributed by atoms with van der Waals surface area (Å²) in [6.07, 6.45) is 11.6. The lowest BCUT2D eigenvalue weighted by atomic mass is 10.2. The van der Waals surface area contributed by atoms with Crippen LogP contribution in [0.4, 0.5) is 0 Å². The molecule has 80 valence electrons. The smallest absolute Gasteiger partial charge is 0.196 e. The molecule has 0 aromatic heterocycles. The number of rotatable bonds is 6. The van der Waals surface area contributed by atoms with Crippen LogP contribution in [0.15, 0.2) is 24.8 Å². The topological polar surface area (TPSA) is 9.23 Å². The molecule has 2 heteroatoms. The molecule has 0 aliphatic carbocycles. The van der Waals surface area contributed by atoms with Gasteiger partial charge in [-0.3, -0.25) is 0 Å². The molecule has 0 saturated carbocycles. The summed E-state index contributed by atoms with van der Waals surface area (Å²) in [5, 5.41) is 0. The molecule has 14 heavy (non-hydrogen) atoms. The maximum atomic E-state index is 5.82. The molecule has 0 aromatic carbocycles. The SMILES string of the molecule is C=CCCCC[Si]1(OC)CC=CCC1. The van der Waals surface area contributed by atoms with Crippen LogP contribution in [0, 0.1) is 0 Å². The van der Waals surface area contributed by atoms with Gasteiger partial charge in [0, 0.05) is 7.11 Å². The van der Waals surface area contributed by atoms with Crippen molar-refractivity contribution in [3.63, 3.8) is 0 Å². The van der Waals surface area contributed by atoms with Crippen molar-refractivity contribution in [3.8, 4) is 0 Å². The van der Waals surface area contributed by atoms with E-state index >= 15 is 0 Å². The van der Waals surface area contributed by atoms with Crippen molar-refractivity contribution in [2.45, 2.75) is 43.8 Å². The summed E-state index contributed by atoms with van der Waals surface area (Å²) in [6, 6.07) is 3.90. The van der Waals surface area contributed by atoms with E-state index in [4.69, 9.17) is 4.43 Å². The van der Waals surface area contributed by atoms with E-state index in [0.29, 0.717) is 0 Å². The molecule has 1 aliphatic heterocycles. The molecule has 0 amide bonds. The van der Waals surface area contributed by atoms with Crippen LogP contribution in [-0.4, -0.2) is 15.4 Å². The fraction of sp³-hybridized carbons (Fsp3) is 0.667. The lowest BCUT2D eigenvalue weighted by Crippen LogP contribution is -2.37. The monoisotopic (exact) mass is 210 g/mol. The van der Waals surface area contributed by atoms with E-state index in [2.05, 4.69) is 18.7 Å². The first kappa shape index (κ1) is 11.7. The molecule has 1 aliphatic rings. The third-order valence-electron chi connectivity index (χ3n) is 3.15. The van der Waals surface area contributed by atoms with Crippen LogP contribution in [-0.2, 0) is 4.43 Å². The van der Waals surface area contributed by atoms with Gasteiger partial charge in [-0.2, -0.15) is 0 Å². The van der Waals surface area contributed by atoms with Gasteiger partial charge in [0.2, 0.25) is 0 Å².